The molecule has 6 heteroatoms. The van der Waals surface area contributed by atoms with Gasteiger partial charge in [-0.15, -0.1) is 0 Å². The molecule has 0 aromatic heterocycles. The van der Waals surface area contributed by atoms with E-state index in [0.29, 0.717) is 19.3 Å². The molecule has 0 spiro atoms. The van der Waals surface area contributed by atoms with E-state index in [4.69, 9.17) is 14.2 Å². The molecule has 0 rings (SSSR count). The molecular weight excluding hydrogens is 805 g/mol. The Labute approximate surface area is 396 Å². The standard InChI is InChI=1S/C59H86O6/c1-4-7-10-13-16-19-22-25-27-29-31-34-37-40-43-46-49-52-58(61)64-55-56(54-63-57(60)51-48-45-42-39-36-33-24-21-18-15-12-9-6-3)65-59(62)53-50-47-44-41-38-35-32-30-28-26-23-20-17-14-11-8-5-2/h7-8,10-11,13-14,16-17,19-20,22-23,25-38,42,45,56H,4-6,9,12,15,18,21,24,39-41,43-44,46-55H2,1-3H3/b10-7-,11-8-,16-13-,17-14-,22-19-,23-20-,27-25-,28-26-,31-29+,32-30+,36-33-,37-34-,38-35-,45-42-. The first kappa shape index (κ1) is 59.8. The third kappa shape index (κ3) is 49.6. The van der Waals surface area contributed by atoms with Gasteiger partial charge in [0.25, 0.3) is 0 Å². The van der Waals surface area contributed by atoms with Crippen molar-refractivity contribution < 1.29 is 28.6 Å². The first-order chi connectivity index (χ1) is 32.0. The predicted octanol–water partition coefficient (Wildman–Crippen LogP) is 16.4. The van der Waals surface area contributed by atoms with E-state index in [0.717, 1.165) is 64.2 Å². The van der Waals surface area contributed by atoms with Gasteiger partial charge in [-0.2, -0.15) is 0 Å². The molecule has 0 aromatic rings. The first-order valence-corrected chi connectivity index (χ1v) is 24.8. The number of unbranched alkanes of at least 4 members (excludes halogenated alkanes) is 12. The van der Waals surface area contributed by atoms with Crippen LogP contribution in [0.3, 0.4) is 0 Å². The Morgan fingerprint density at radius 1 is 0.338 bits per heavy atom. The van der Waals surface area contributed by atoms with Crippen molar-refractivity contribution in [2.24, 2.45) is 0 Å². The maximum atomic E-state index is 12.8. The van der Waals surface area contributed by atoms with Crippen molar-refractivity contribution in [2.75, 3.05) is 13.2 Å². The highest BCUT2D eigenvalue weighted by molar-refractivity contribution is 5.71. The van der Waals surface area contributed by atoms with Gasteiger partial charge >= 0.3 is 17.9 Å². The van der Waals surface area contributed by atoms with Crippen molar-refractivity contribution in [3.63, 3.8) is 0 Å². The Balaban J connectivity index is 4.69. The number of allylic oxidation sites excluding steroid dienone is 28. The Morgan fingerprint density at radius 3 is 1.15 bits per heavy atom. The summed E-state index contributed by atoms with van der Waals surface area (Å²) in [5.41, 5.74) is 0. The number of esters is 3. The minimum absolute atomic E-state index is 0.146. The summed E-state index contributed by atoms with van der Waals surface area (Å²) >= 11 is 0. The molecule has 0 radical (unpaired) electrons. The molecule has 0 aromatic carbocycles. The van der Waals surface area contributed by atoms with Gasteiger partial charge in [-0.1, -0.05) is 236 Å². The first-order valence-electron chi connectivity index (χ1n) is 24.8. The zero-order valence-electron chi connectivity index (χ0n) is 40.7. The van der Waals surface area contributed by atoms with Crippen molar-refractivity contribution in [2.45, 2.75) is 168 Å². The second-order valence-electron chi connectivity index (χ2n) is 15.6. The van der Waals surface area contributed by atoms with Crippen molar-refractivity contribution in [3.05, 3.63) is 170 Å². The third-order valence-corrected chi connectivity index (χ3v) is 9.52. The Hall–Kier alpha value is -5.23. The van der Waals surface area contributed by atoms with Crippen LogP contribution in [-0.2, 0) is 28.6 Å². The van der Waals surface area contributed by atoms with Crippen LogP contribution in [0.5, 0.6) is 0 Å². The van der Waals surface area contributed by atoms with Crippen LogP contribution in [0, 0.1) is 0 Å². The highest BCUT2D eigenvalue weighted by Crippen LogP contribution is 2.11. The number of ether oxygens (including phenoxy) is 3. The minimum Gasteiger partial charge on any atom is -0.462 e. The molecule has 0 aliphatic heterocycles. The zero-order chi connectivity index (χ0) is 47.2. The van der Waals surface area contributed by atoms with Crippen LogP contribution in [0.2, 0.25) is 0 Å². The lowest BCUT2D eigenvalue weighted by molar-refractivity contribution is -0.166. The maximum absolute atomic E-state index is 12.8. The molecule has 0 saturated heterocycles. The van der Waals surface area contributed by atoms with Crippen molar-refractivity contribution in [1.82, 2.24) is 0 Å². The van der Waals surface area contributed by atoms with Crippen LogP contribution in [-0.4, -0.2) is 37.2 Å². The lowest BCUT2D eigenvalue weighted by atomic mass is 10.1. The van der Waals surface area contributed by atoms with Gasteiger partial charge in [-0.3, -0.25) is 14.4 Å². The smallest absolute Gasteiger partial charge is 0.306 e. The van der Waals surface area contributed by atoms with Crippen LogP contribution in [0.1, 0.15) is 162 Å². The van der Waals surface area contributed by atoms with Gasteiger partial charge in [0.05, 0.1) is 0 Å². The third-order valence-electron chi connectivity index (χ3n) is 9.52. The predicted molar refractivity (Wildman–Crippen MR) is 278 cm³/mol. The SMILES string of the molecule is CC\C=C/C=C\C=C/C=C\C=C\C=C/CCCCCC(=O)OCC(COC(=O)CC/C=C\C/C=C\CCCCCCCC)OC(=O)CCCCC\C=C/C=C/C=C\C=C/C=C\C=C/CC. The van der Waals surface area contributed by atoms with E-state index < -0.39 is 6.10 Å². The van der Waals surface area contributed by atoms with Gasteiger partial charge in [-0.05, 0) is 77.0 Å². The molecule has 0 aliphatic rings. The van der Waals surface area contributed by atoms with Gasteiger partial charge in [0.2, 0.25) is 0 Å². The fraction of sp³-hybridized carbons (Fsp3) is 0.475. The number of rotatable bonds is 41. The second-order valence-corrected chi connectivity index (χ2v) is 15.6. The van der Waals surface area contributed by atoms with Gasteiger partial charge in [-0.25, -0.2) is 0 Å². The fourth-order valence-corrected chi connectivity index (χ4v) is 5.85. The normalized spacial score (nSPS) is 13.6. The highest BCUT2D eigenvalue weighted by atomic mass is 16.6. The topological polar surface area (TPSA) is 78.9 Å². The Morgan fingerprint density at radius 2 is 0.692 bits per heavy atom. The highest BCUT2D eigenvalue weighted by Gasteiger charge is 2.19. The molecule has 0 heterocycles. The van der Waals surface area contributed by atoms with E-state index in [-0.39, 0.29) is 50.4 Å². The van der Waals surface area contributed by atoms with E-state index in [1.54, 1.807) is 0 Å². The molecule has 0 fully saturated rings. The van der Waals surface area contributed by atoms with Gasteiger partial charge in [0, 0.05) is 19.3 Å². The Bertz CT molecular complexity index is 1590. The molecule has 1 unspecified atom stereocenters. The van der Waals surface area contributed by atoms with E-state index in [1.807, 2.05) is 128 Å². The summed E-state index contributed by atoms with van der Waals surface area (Å²) in [6.45, 7) is 6.17. The average molecular weight is 891 g/mol. The van der Waals surface area contributed by atoms with E-state index in [2.05, 4.69) is 63.3 Å². The molecule has 6 nitrogen and oxygen atoms in total. The van der Waals surface area contributed by atoms with Crippen molar-refractivity contribution >= 4 is 17.9 Å². The van der Waals surface area contributed by atoms with Crippen molar-refractivity contribution in [1.29, 1.82) is 0 Å². The summed E-state index contributed by atoms with van der Waals surface area (Å²) in [7, 11) is 0. The largest absolute Gasteiger partial charge is 0.462 e. The van der Waals surface area contributed by atoms with E-state index in [1.165, 1.54) is 38.5 Å². The number of carbonyl (C=O) groups excluding carboxylic acids is 3. The summed E-state index contributed by atoms with van der Waals surface area (Å²) in [5.74, 6) is -1.12. The average Bonchev–Trinajstić information content (AvgIpc) is 3.30. The van der Waals surface area contributed by atoms with Gasteiger partial charge in [0.1, 0.15) is 13.2 Å². The molecule has 65 heavy (non-hydrogen) atoms. The van der Waals surface area contributed by atoms with Crippen LogP contribution in [0.25, 0.3) is 0 Å². The van der Waals surface area contributed by atoms with Gasteiger partial charge < -0.3 is 14.2 Å². The summed E-state index contributed by atoms with van der Waals surface area (Å²) in [4.78, 5) is 37.9. The molecular formula is C59H86O6. The fourth-order valence-electron chi connectivity index (χ4n) is 5.85. The quantitative estimate of drug-likeness (QED) is 0.0200. The number of carbonyl (C=O) groups is 3. The summed E-state index contributed by atoms with van der Waals surface area (Å²) in [6.07, 6.45) is 76.2. The molecule has 0 amide bonds. The van der Waals surface area contributed by atoms with Crippen LogP contribution < -0.4 is 0 Å². The summed E-state index contributed by atoms with van der Waals surface area (Å²) < 4.78 is 16.6. The molecule has 1 atom stereocenters. The number of hydrogen-bond donors (Lipinski definition) is 0. The van der Waals surface area contributed by atoms with Crippen LogP contribution in [0.15, 0.2) is 170 Å². The molecule has 358 valence electrons. The zero-order valence-corrected chi connectivity index (χ0v) is 40.7. The monoisotopic (exact) mass is 891 g/mol. The lowest BCUT2D eigenvalue weighted by Gasteiger charge is -2.18. The molecule has 0 N–H and O–H groups in total. The Kier molecular flexibility index (Phi) is 47.3. The van der Waals surface area contributed by atoms with Gasteiger partial charge in [0.15, 0.2) is 6.10 Å². The molecule has 0 bridgehead atoms. The van der Waals surface area contributed by atoms with Crippen molar-refractivity contribution in [3.8, 4) is 0 Å². The summed E-state index contributed by atoms with van der Waals surface area (Å²) in [6, 6.07) is 0. The van der Waals surface area contributed by atoms with E-state index >= 15 is 0 Å². The van der Waals surface area contributed by atoms with Crippen LogP contribution >= 0.6 is 0 Å². The van der Waals surface area contributed by atoms with Crippen LogP contribution in [0.4, 0.5) is 0 Å². The second kappa shape index (κ2) is 51.4. The van der Waals surface area contributed by atoms with E-state index in [9.17, 15) is 14.4 Å². The number of hydrogen-bond acceptors (Lipinski definition) is 6. The summed E-state index contributed by atoms with van der Waals surface area (Å²) in [5, 5.41) is 0. The minimum atomic E-state index is -0.852. The molecule has 0 aliphatic carbocycles. The maximum Gasteiger partial charge on any atom is 0.306 e. The lowest BCUT2D eigenvalue weighted by Crippen LogP contribution is -2.30. The molecule has 0 saturated carbocycles.